The maximum absolute atomic E-state index is 12.8. The van der Waals surface area contributed by atoms with Crippen molar-refractivity contribution in [1.82, 2.24) is 25.0 Å². The minimum Gasteiger partial charge on any atom is -0.366 e. The number of nitrogens with one attached hydrogen (secondary N) is 1. The van der Waals surface area contributed by atoms with Crippen molar-refractivity contribution in [2.75, 3.05) is 6.61 Å². The summed E-state index contributed by atoms with van der Waals surface area (Å²) < 4.78 is 7.20. The normalized spacial score (nSPS) is 20.2. The van der Waals surface area contributed by atoms with Gasteiger partial charge < -0.3 is 15.0 Å². The number of amides is 2. The average molecular weight is 357 g/mol. The van der Waals surface area contributed by atoms with Crippen LogP contribution in [0.3, 0.4) is 0 Å². The van der Waals surface area contributed by atoms with Gasteiger partial charge in [-0.15, -0.1) is 0 Å². The predicted molar refractivity (Wildman–Crippen MR) is 93.7 cm³/mol. The minimum atomic E-state index is -0.686. The zero-order chi connectivity index (χ0) is 18.5. The molecule has 1 aliphatic rings. The molecule has 3 rings (SSSR count). The number of rotatable bonds is 6. The van der Waals surface area contributed by atoms with Crippen LogP contribution in [-0.4, -0.2) is 50.2 Å². The number of hydrogen-bond acceptors (Lipinski definition) is 5. The van der Waals surface area contributed by atoms with Crippen molar-refractivity contribution in [2.45, 2.75) is 45.6 Å². The van der Waals surface area contributed by atoms with Crippen LogP contribution in [0.4, 0.5) is 0 Å². The van der Waals surface area contributed by atoms with Crippen molar-refractivity contribution in [3.8, 4) is 0 Å². The van der Waals surface area contributed by atoms with Crippen LogP contribution in [0.15, 0.2) is 36.7 Å². The summed E-state index contributed by atoms with van der Waals surface area (Å²) in [5.41, 5.74) is 0.971. The number of benzene rings is 1. The van der Waals surface area contributed by atoms with E-state index in [0.717, 1.165) is 5.56 Å². The Bertz CT molecular complexity index is 761. The maximum atomic E-state index is 12.8. The Balaban J connectivity index is 1.72. The SMILES string of the molecule is CCn1ncnc1CNC(=O)[C@@H]1[C@@H](C)OCC(=O)N1Cc1ccccc1. The Morgan fingerprint density at radius 1 is 1.35 bits per heavy atom. The molecule has 0 aliphatic carbocycles. The third-order valence-corrected chi connectivity index (χ3v) is 4.45. The molecule has 1 fully saturated rings. The summed E-state index contributed by atoms with van der Waals surface area (Å²) in [7, 11) is 0. The number of hydrogen-bond donors (Lipinski definition) is 1. The predicted octanol–water partition coefficient (Wildman–Crippen LogP) is 0.730. The van der Waals surface area contributed by atoms with Gasteiger partial charge in [-0.05, 0) is 19.4 Å². The number of carbonyl (C=O) groups is 2. The number of nitrogens with zero attached hydrogens (tertiary/aromatic N) is 4. The molecule has 1 aromatic carbocycles. The summed E-state index contributed by atoms with van der Waals surface area (Å²) in [6.45, 7) is 5.05. The number of aromatic nitrogens is 3. The lowest BCUT2D eigenvalue weighted by atomic mass is 10.1. The van der Waals surface area contributed by atoms with Gasteiger partial charge >= 0.3 is 0 Å². The monoisotopic (exact) mass is 357 g/mol. The first-order chi connectivity index (χ1) is 12.6. The van der Waals surface area contributed by atoms with Crippen LogP contribution in [0.2, 0.25) is 0 Å². The molecule has 8 heteroatoms. The van der Waals surface area contributed by atoms with Gasteiger partial charge in [-0.25, -0.2) is 9.67 Å². The lowest BCUT2D eigenvalue weighted by Gasteiger charge is -2.38. The van der Waals surface area contributed by atoms with Crippen LogP contribution >= 0.6 is 0 Å². The lowest BCUT2D eigenvalue weighted by Crippen LogP contribution is -2.59. The molecule has 1 aromatic heterocycles. The van der Waals surface area contributed by atoms with Gasteiger partial charge in [0.25, 0.3) is 0 Å². The zero-order valence-corrected chi connectivity index (χ0v) is 15.0. The van der Waals surface area contributed by atoms with Crippen molar-refractivity contribution in [1.29, 1.82) is 0 Å². The third kappa shape index (κ3) is 3.91. The van der Waals surface area contributed by atoms with Crippen LogP contribution in [-0.2, 0) is 34.0 Å². The van der Waals surface area contributed by atoms with E-state index in [9.17, 15) is 9.59 Å². The fourth-order valence-corrected chi connectivity index (χ4v) is 3.07. The molecule has 138 valence electrons. The molecule has 0 bridgehead atoms. The molecule has 8 nitrogen and oxygen atoms in total. The van der Waals surface area contributed by atoms with Crippen LogP contribution in [0, 0.1) is 0 Å². The fraction of sp³-hybridized carbons (Fsp3) is 0.444. The van der Waals surface area contributed by atoms with Gasteiger partial charge in [0, 0.05) is 13.1 Å². The van der Waals surface area contributed by atoms with Crippen molar-refractivity contribution in [2.24, 2.45) is 0 Å². The van der Waals surface area contributed by atoms with Gasteiger partial charge in [-0.2, -0.15) is 5.10 Å². The summed E-state index contributed by atoms with van der Waals surface area (Å²) in [4.78, 5) is 30.9. The highest BCUT2D eigenvalue weighted by Crippen LogP contribution is 2.19. The van der Waals surface area contributed by atoms with Crippen molar-refractivity contribution in [3.05, 3.63) is 48.0 Å². The quantitative estimate of drug-likeness (QED) is 0.823. The van der Waals surface area contributed by atoms with E-state index in [4.69, 9.17) is 4.74 Å². The highest BCUT2D eigenvalue weighted by molar-refractivity contribution is 5.89. The number of morpholine rings is 1. The molecule has 2 amide bonds. The van der Waals surface area contributed by atoms with Gasteiger partial charge in [0.2, 0.25) is 11.8 Å². The topological polar surface area (TPSA) is 89.4 Å². The van der Waals surface area contributed by atoms with E-state index in [1.54, 1.807) is 9.58 Å². The third-order valence-electron chi connectivity index (χ3n) is 4.45. The van der Waals surface area contributed by atoms with E-state index in [1.807, 2.05) is 44.2 Å². The van der Waals surface area contributed by atoms with Crippen molar-refractivity contribution < 1.29 is 14.3 Å². The van der Waals surface area contributed by atoms with Crippen molar-refractivity contribution in [3.63, 3.8) is 0 Å². The Hall–Kier alpha value is -2.74. The largest absolute Gasteiger partial charge is 0.366 e. The average Bonchev–Trinajstić information content (AvgIpc) is 3.11. The second kappa shape index (κ2) is 8.09. The molecule has 1 saturated heterocycles. The van der Waals surface area contributed by atoms with E-state index in [2.05, 4.69) is 15.4 Å². The highest BCUT2D eigenvalue weighted by Gasteiger charge is 2.39. The van der Waals surface area contributed by atoms with Crippen LogP contribution in [0.5, 0.6) is 0 Å². The van der Waals surface area contributed by atoms with Gasteiger partial charge in [-0.1, -0.05) is 30.3 Å². The lowest BCUT2D eigenvalue weighted by molar-refractivity contribution is -0.163. The highest BCUT2D eigenvalue weighted by atomic mass is 16.5. The maximum Gasteiger partial charge on any atom is 0.249 e. The minimum absolute atomic E-state index is 0.0120. The molecule has 2 atom stereocenters. The molecular formula is C18H23N5O3. The Labute approximate surface area is 152 Å². The summed E-state index contributed by atoms with van der Waals surface area (Å²) in [6, 6.07) is 8.93. The first kappa shape index (κ1) is 18.1. The molecule has 0 spiro atoms. The number of carbonyl (C=O) groups excluding carboxylic acids is 2. The fourth-order valence-electron chi connectivity index (χ4n) is 3.07. The van der Waals surface area contributed by atoms with Gasteiger partial charge in [0.15, 0.2) is 0 Å². The summed E-state index contributed by atoms with van der Waals surface area (Å²) in [5, 5.41) is 6.95. The molecule has 0 radical (unpaired) electrons. The molecule has 26 heavy (non-hydrogen) atoms. The van der Waals surface area contributed by atoms with Gasteiger partial charge in [0.1, 0.15) is 24.8 Å². The molecule has 1 N–H and O–H groups in total. The second-order valence-corrected chi connectivity index (χ2v) is 6.18. The Kier molecular flexibility index (Phi) is 5.62. The zero-order valence-electron chi connectivity index (χ0n) is 15.0. The number of aryl methyl sites for hydroxylation is 1. The second-order valence-electron chi connectivity index (χ2n) is 6.18. The summed E-state index contributed by atoms with van der Waals surface area (Å²) in [5.74, 6) is 0.224. The van der Waals surface area contributed by atoms with E-state index >= 15 is 0 Å². The van der Waals surface area contributed by atoms with E-state index in [0.29, 0.717) is 18.9 Å². The van der Waals surface area contributed by atoms with E-state index in [-0.39, 0.29) is 31.1 Å². The van der Waals surface area contributed by atoms with Gasteiger partial charge in [0.05, 0.1) is 12.6 Å². The van der Waals surface area contributed by atoms with Crippen LogP contribution in [0.1, 0.15) is 25.2 Å². The molecule has 2 aromatic rings. The standard InChI is InChI=1S/C18H23N5O3/c1-3-23-15(20-12-21-23)9-19-18(25)17-13(2)26-11-16(24)22(17)10-14-7-5-4-6-8-14/h4-8,12-13,17H,3,9-11H2,1-2H3,(H,19,25)/t13-,17+/m1/s1. The van der Waals surface area contributed by atoms with E-state index < -0.39 is 6.04 Å². The smallest absolute Gasteiger partial charge is 0.249 e. The molecule has 2 heterocycles. The first-order valence-corrected chi connectivity index (χ1v) is 8.69. The Morgan fingerprint density at radius 2 is 2.12 bits per heavy atom. The molecular weight excluding hydrogens is 334 g/mol. The Morgan fingerprint density at radius 3 is 2.85 bits per heavy atom. The number of ether oxygens (including phenoxy) is 1. The first-order valence-electron chi connectivity index (χ1n) is 8.69. The molecule has 0 unspecified atom stereocenters. The van der Waals surface area contributed by atoms with Gasteiger partial charge in [-0.3, -0.25) is 9.59 Å². The van der Waals surface area contributed by atoms with Crippen molar-refractivity contribution >= 4 is 11.8 Å². The van der Waals surface area contributed by atoms with Crippen LogP contribution < -0.4 is 5.32 Å². The van der Waals surface area contributed by atoms with Crippen LogP contribution in [0.25, 0.3) is 0 Å². The van der Waals surface area contributed by atoms with E-state index in [1.165, 1.54) is 6.33 Å². The summed E-state index contributed by atoms with van der Waals surface area (Å²) in [6.07, 6.45) is 1.07. The summed E-state index contributed by atoms with van der Waals surface area (Å²) >= 11 is 0. The molecule has 1 aliphatic heterocycles. The molecule has 0 saturated carbocycles.